The van der Waals surface area contributed by atoms with Crippen molar-refractivity contribution in [1.82, 2.24) is 15.0 Å². The fourth-order valence-electron chi connectivity index (χ4n) is 1.98. The smallest absolute Gasteiger partial charge is 0.243 e. The molecule has 2 N–H and O–H groups in total. The summed E-state index contributed by atoms with van der Waals surface area (Å²) >= 11 is 11.5. The van der Waals surface area contributed by atoms with Crippen molar-refractivity contribution < 1.29 is 8.42 Å². The van der Waals surface area contributed by atoms with Crippen molar-refractivity contribution in [3.63, 3.8) is 0 Å². The molecule has 1 aliphatic rings. The number of nitrogens with one attached hydrogen (secondary N) is 2. The largest absolute Gasteiger partial charge is 0.313 e. The van der Waals surface area contributed by atoms with Gasteiger partial charge in [-0.1, -0.05) is 29.6 Å². The number of aromatic nitrogens is 1. The third-order valence-corrected chi connectivity index (χ3v) is 5.05. The van der Waals surface area contributed by atoms with Crippen LogP contribution in [0.25, 0.3) is 0 Å². The summed E-state index contributed by atoms with van der Waals surface area (Å²) in [6.45, 7) is 1.26. The predicted octanol–water partition coefficient (Wildman–Crippen LogP) is 1.81. The van der Waals surface area contributed by atoms with Gasteiger partial charge in [0.2, 0.25) is 10.0 Å². The molecule has 0 spiro atoms. The van der Waals surface area contributed by atoms with Gasteiger partial charge in [0.25, 0.3) is 0 Å². The van der Waals surface area contributed by atoms with Crippen LogP contribution in [0.3, 0.4) is 0 Å². The normalized spacial score (nSPS) is 20.4. The lowest BCUT2D eigenvalue weighted by atomic mass is 10.1. The number of nitrogens with zero attached hydrogens (tertiary/aromatic N) is 1. The van der Waals surface area contributed by atoms with Crippen LogP contribution in [0.15, 0.2) is 17.2 Å². The van der Waals surface area contributed by atoms with Gasteiger partial charge in [-0.2, -0.15) is 0 Å². The summed E-state index contributed by atoms with van der Waals surface area (Å²) in [6, 6.07) is 1.46. The number of piperidine rings is 1. The van der Waals surface area contributed by atoms with Crippen LogP contribution in [0.4, 0.5) is 0 Å². The van der Waals surface area contributed by atoms with E-state index in [1.165, 1.54) is 12.3 Å². The quantitative estimate of drug-likeness (QED) is 0.829. The molecule has 1 aromatic rings. The second kappa shape index (κ2) is 6.37. The topological polar surface area (TPSA) is 71.1 Å². The summed E-state index contributed by atoms with van der Waals surface area (Å²) in [4.78, 5) is 3.65. The summed E-state index contributed by atoms with van der Waals surface area (Å²) < 4.78 is 26.8. The highest BCUT2D eigenvalue weighted by Gasteiger charge is 2.21. The SMILES string of the molecule is O=S(=O)(NCC1CCCCN1)c1cc(Cl)cnc1Cl. The van der Waals surface area contributed by atoms with E-state index in [9.17, 15) is 8.42 Å². The van der Waals surface area contributed by atoms with Crippen molar-refractivity contribution in [2.75, 3.05) is 13.1 Å². The summed E-state index contributed by atoms with van der Waals surface area (Å²) in [5, 5.41) is 3.43. The van der Waals surface area contributed by atoms with E-state index in [1.807, 2.05) is 0 Å². The Kier molecular flexibility index (Phi) is 5.03. The Morgan fingerprint density at radius 1 is 1.42 bits per heavy atom. The fraction of sp³-hybridized carbons (Fsp3) is 0.545. The first-order chi connectivity index (χ1) is 8.99. The van der Waals surface area contributed by atoms with Crippen LogP contribution in [0.1, 0.15) is 19.3 Å². The zero-order valence-electron chi connectivity index (χ0n) is 10.2. The molecule has 0 amide bonds. The highest BCUT2D eigenvalue weighted by molar-refractivity contribution is 7.89. The lowest BCUT2D eigenvalue weighted by Crippen LogP contribution is -2.43. The number of pyridine rings is 1. The fourth-order valence-corrected chi connectivity index (χ4v) is 3.74. The summed E-state index contributed by atoms with van der Waals surface area (Å²) in [5.41, 5.74) is 0. The van der Waals surface area contributed by atoms with Gasteiger partial charge in [0.1, 0.15) is 10.0 Å². The van der Waals surface area contributed by atoms with Gasteiger partial charge in [0.15, 0.2) is 0 Å². The lowest BCUT2D eigenvalue weighted by molar-refractivity contribution is 0.398. The highest BCUT2D eigenvalue weighted by atomic mass is 35.5. The number of sulfonamides is 1. The Morgan fingerprint density at radius 2 is 2.21 bits per heavy atom. The molecule has 1 saturated heterocycles. The Bertz CT molecular complexity index is 545. The van der Waals surface area contributed by atoms with Crippen molar-refractivity contribution in [1.29, 1.82) is 0 Å². The first-order valence-corrected chi connectivity index (χ1v) is 8.27. The maximum Gasteiger partial charge on any atom is 0.243 e. The van der Waals surface area contributed by atoms with E-state index in [4.69, 9.17) is 23.2 Å². The molecule has 19 heavy (non-hydrogen) atoms. The molecule has 0 saturated carbocycles. The molecule has 1 aromatic heterocycles. The molecule has 1 unspecified atom stereocenters. The molecule has 0 aromatic carbocycles. The molecular weight excluding hydrogens is 309 g/mol. The van der Waals surface area contributed by atoms with Crippen LogP contribution in [0.2, 0.25) is 10.2 Å². The minimum atomic E-state index is -3.68. The van der Waals surface area contributed by atoms with E-state index < -0.39 is 10.0 Å². The molecule has 0 bridgehead atoms. The Morgan fingerprint density at radius 3 is 2.89 bits per heavy atom. The number of hydrogen-bond donors (Lipinski definition) is 2. The maximum absolute atomic E-state index is 12.1. The van der Waals surface area contributed by atoms with Crippen molar-refractivity contribution in [3.8, 4) is 0 Å². The van der Waals surface area contributed by atoms with Crippen LogP contribution >= 0.6 is 23.2 Å². The standard InChI is InChI=1S/C11H15Cl2N3O2S/c12-8-5-10(11(13)15-6-8)19(17,18)16-7-9-3-1-2-4-14-9/h5-6,9,14,16H,1-4,7H2. The van der Waals surface area contributed by atoms with E-state index in [2.05, 4.69) is 15.0 Å². The van der Waals surface area contributed by atoms with E-state index >= 15 is 0 Å². The Balaban J connectivity index is 2.07. The van der Waals surface area contributed by atoms with Crippen molar-refractivity contribution >= 4 is 33.2 Å². The molecule has 8 heteroatoms. The molecule has 1 fully saturated rings. The van der Waals surface area contributed by atoms with Gasteiger partial charge in [0, 0.05) is 18.8 Å². The molecule has 2 heterocycles. The minimum Gasteiger partial charge on any atom is -0.313 e. The molecule has 0 radical (unpaired) electrons. The Labute approximate surface area is 122 Å². The molecular formula is C11H15Cl2N3O2S. The van der Waals surface area contributed by atoms with E-state index in [0.29, 0.717) is 6.54 Å². The van der Waals surface area contributed by atoms with Crippen molar-refractivity contribution in [2.24, 2.45) is 0 Å². The van der Waals surface area contributed by atoms with Crippen molar-refractivity contribution in [2.45, 2.75) is 30.2 Å². The third-order valence-electron chi connectivity index (χ3n) is 3.00. The zero-order chi connectivity index (χ0) is 13.9. The lowest BCUT2D eigenvalue weighted by Gasteiger charge is -2.23. The van der Waals surface area contributed by atoms with E-state index in [0.717, 1.165) is 25.8 Å². The van der Waals surface area contributed by atoms with Gasteiger partial charge in [-0.05, 0) is 25.5 Å². The van der Waals surface area contributed by atoms with Crippen LogP contribution in [0.5, 0.6) is 0 Å². The molecule has 106 valence electrons. The summed E-state index contributed by atoms with van der Waals surface area (Å²) in [5.74, 6) is 0. The first kappa shape index (κ1) is 15.0. The second-order valence-corrected chi connectivity index (χ2v) is 6.97. The average molecular weight is 324 g/mol. The molecule has 1 atom stereocenters. The van der Waals surface area contributed by atoms with E-state index in [-0.39, 0.29) is 21.1 Å². The Hall–Kier alpha value is -0.400. The van der Waals surface area contributed by atoms with Crippen LogP contribution in [-0.2, 0) is 10.0 Å². The zero-order valence-corrected chi connectivity index (χ0v) is 12.5. The number of halogens is 2. The van der Waals surface area contributed by atoms with Crippen LogP contribution in [-0.4, -0.2) is 32.5 Å². The maximum atomic E-state index is 12.1. The second-order valence-electron chi connectivity index (χ2n) is 4.44. The minimum absolute atomic E-state index is 0.0755. The van der Waals surface area contributed by atoms with Gasteiger partial charge in [-0.25, -0.2) is 18.1 Å². The summed E-state index contributed by atoms with van der Waals surface area (Å²) in [7, 11) is -3.68. The van der Waals surface area contributed by atoms with Crippen LogP contribution in [0, 0.1) is 0 Å². The summed E-state index contributed by atoms with van der Waals surface area (Å²) in [6.07, 6.45) is 4.52. The monoisotopic (exact) mass is 323 g/mol. The molecule has 0 aliphatic carbocycles. The van der Waals surface area contributed by atoms with Crippen LogP contribution < -0.4 is 10.0 Å². The van der Waals surface area contributed by atoms with Gasteiger partial charge in [-0.15, -0.1) is 0 Å². The van der Waals surface area contributed by atoms with Gasteiger partial charge < -0.3 is 5.32 Å². The highest BCUT2D eigenvalue weighted by Crippen LogP contribution is 2.22. The van der Waals surface area contributed by atoms with Gasteiger partial charge in [0.05, 0.1) is 5.02 Å². The van der Waals surface area contributed by atoms with Crippen molar-refractivity contribution in [3.05, 3.63) is 22.4 Å². The number of rotatable bonds is 4. The van der Waals surface area contributed by atoms with Gasteiger partial charge in [-0.3, -0.25) is 0 Å². The molecule has 5 nitrogen and oxygen atoms in total. The molecule has 1 aliphatic heterocycles. The average Bonchev–Trinajstić information content (AvgIpc) is 2.40. The number of hydrogen-bond acceptors (Lipinski definition) is 4. The predicted molar refractivity (Wildman–Crippen MR) is 75.1 cm³/mol. The molecule has 2 rings (SSSR count). The third kappa shape index (κ3) is 4.03. The van der Waals surface area contributed by atoms with Gasteiger partial charge >= 0.3 is 0 Å². The first-order valence-electron chi connectivity index (χ1n) is 6.03. The van der Waals surface area contributed by atoms with E-state index in [1.54, 1.807) is 0 Å².